The normalized spacial score (nSPS) is 45.0. The predicted octanol–water partition coefficient (Wildman–Crippen LogP) is -2.28. The van der Waals surface area contributed by atoms with Crippen molar-refractivity contribution in [3.63, 3.8) is 0 Å². The van der Waals surface area contributed by atoms with E-state index >= 15 is 0 Å². The van der Waals surface area contributed by atoms with Gasteiger partial charge in [0.05, 0.1) is 18.8 Å². The Hall–Kier alpha value is -0.585. The molecule has 6 heteroatoms. The van der Waals surface area contributed by atoms with Crippen LogP contribution in [0.3, 0.4) is 0 Å². The smallest absolute Gasteiger partial charge is 0.228 e. The van der Waals surface area contributed by atoms with Crippen LogP contribution in [0, 0.1) is 5.41 Å². The number of ether oxygens (including phenoxy) is 1. The molecule has 0 aliphatic carbocycles. The van der Waals surface area contributed by atoms with Gasteiger partial charge >= 0.3 is 0 Å². The lowest BCUT2D eigenvalue weighted by Crippen LogP contribution is -2.50. The summed E-state index contributed by atoms with van der Waals surface area (Å²) < 4.78 is 4.98. The highest BCUT2D eigenvalue weighted by molar-refractivity contribution is 6.12. The van der Waals surface area contributed by atoms with Crippen molar-refractivity contribution in [2.24, 2.45) is 11.1 Å². The molecule has 0 spiro atoms. The highest BCUT2D eigenvalue weighted by Gasteiger charge is 2.54. The molecule has 5 nitrogen and oxygen atoms in total. The molecule has 1 fully saturated rings. The summed E-state index contributed by atoms with van der Waals surface area (Å²) in [6.07, 6.45) is -2.02. The molecule has 0 aromatic rings. The fourth-order valence-electron chi connectivity index (χ4n) is 1.47. The molecule has 4 N–H and O–H groups in total. The molecule has 1 aliphatic rings. The maximum atomic E-state index is 11.1. The zero-order valence-corrected chi connectivity index (χ0v) is 7.30. The number of carbonyl (C=O) groups excluding carboxylic acids is 1. The summed E-state index contributed by atoms with van der Waals surface area (Å²) in [5.74, 6) is -0.730. The Morgan fingerprint density at radius 3 is 2.62 bits per heavy atom. The van der Waals surface area contributed by atoms with E-state index in [9.17, 15) is 9.90 Å². The molecule has 1 aliphatic heterocycles. The van der Waals surface area contributed by atoms with Gasteiger partial charge in [-0.05, 0) is 6.92 Å². The van der Waals surface area contributed by atoms with Gasteiger partial charge < -0.3 is 20.7 Å². The Bertz CT molecular complexity index is 225. The van der Waals surface area contributed by atoms with Crippen molar-refractivity contribution in [2.45, 2.75) is 25.1 Å². The molecule has 2 radical (unpaired) electrons. The third-order valence-corrected chi connectivity index (χ3v) is 2.61. The fraction of sp³-hybridized carbons (Fsp3) is 0.857. The van der Waals surface area contributed by atoms with Gasteiger partial charge in [0.1, 0.15) is 13.3 Å². The average Bonchev–Trinajstić information content (AvgIpc) is 2.30. The number of aliphatic hydroxyl groups is 2. The van der Waals surface area contributed by atoms with Crippen LogP contribution >= 0.6 is 0 Å². The lowest BCUT2D eigenvalue weighted by molar-refractivity contribution is -0.135. The number of amides is 1. The third-order valence-electron chi connectivity index (χ3n) is 2.61. The summed E-state index contributed by atoms with van der Waals surface area (Å²) in [6, 6.07) is -0.977. The second-order valence-electron chi connectivity index (χ2n) is 3.36. The van der Waals surface area contributed by atoms with E-state index in [1.54, 1.807) is 0 Å². The SMILES string of the molecule is [B]C1OC(CO)[C@](C)(C(N)=O)[C@H]1O. The lowest BCUT2D eigenvalue weighted by Gasteiger charge is -2.27. The number of nitrogens with two attached hydrogens (primary N) is 1. The molecule has 72 valence electrons. The summed E-state index contributed by atoms with van der Waals surface area (Å²) in [5, 5.41) is 18.4. The van der Waals surface area contributed by atoms with Crippen molar-refractivity contribution in [1.82, 2.24) is 0 Å². The highest BCUT2D eigenvalue weighted by atomic mass is 16.5. The van der Waals surface area contributed by atoms with Crippen LogP contribution in [-0.4, -0.2) is 48.8 Å². The Balaban J connectivity index is 2.97. The molecule has 2 unspecified atom stereocenters. The minimum absolute atomic E-state index is 0.399. The van der Waals surface area contributed by atoms with Crippen molar-refractivity contribution in [1.29, 1.82) is 0 Å². The van der Waals surface area contributed by atoms with Crippen LogP contribution in [0.4, 0.5) is 0 Å². The van der Waals surface area contributed by atoms with Crippen LogP contribution in [0.25, 0.3) is 0 Å². The van der Waals surface area contributed by atoms with Gasteiger partial charge in [-0.3, -0.25) is 4.79 Å². The van der Waals surface area contributed by atoms with Crippen molar-refractivity contribution in [2.75, 3.05) is 6.61 Å². The molecule has 1 saturated heterocycles. The van der Waals surface area contributed by atoms with Crippen molar-refractivity contribution in [3.8, 4) is 0 Å². The second kappa shape index (κ2) is 3.28. The largest absolute Gasteiger partial charge is 0.394 e. The number of hydrogen-bond acceptors (Lipinski definition) is 4. The van der Waals surface area contributed by atoms with Gasteiger partial charge in [-0.15, -0.1) is 0 Å². The monoisotopic (exact) mass is 185 g/mol. The Morgan fingerprint density at radius 2 is 2.31 bits per heavy atom. The van der Waals surface area contributed by atoms with Crippen LogP contribution in [-0.2, 0) is 9.53 Å². The van der Waals surface area contributed by atoms with Crippen LogP contribution < -0.4 is 5.73 Å². The Labute approximate surface area is 77.3 Å². The molecule has 0 bridgehead atoms. The van der Waals surface area contributed by atoms with Gasteiger partial charge in [0.25, 0.3) is 0 Å². The summed E-state index contributed by atoms with van der Waals surface area (Å²) >= 11 is 0. The summed E-state index contributed by atoms with van der Waals surface area (Å²) in [6.45, 7) is 1.03. The van der Waals surface area contributed by atoms with E-state index in [4.69, 9.17) is 23.4 Å². The zero-order valence-electron chi connectivity index (χ0n) is 7.30. The van der Waals surface area contributed by atoms with Crippen LogP contribution in [0.5, 0.6) is 0 Å². The fourth-order valence-corrected chi connectivity index (χ4v) is 1.47. The maximum absolute atomic E-state index is 11.1. The zero-order chi connectivity index (χ0) is 10.2. The number of aliphatic hydroxyl groups excluding tert-OH is 2. The molecule has 0 aromatic heterocycles. The highest BCUT2D eigenvalue weighted by Crippen LogP contribution is 2.37. The molecular weight excluding hydrogens is 173 g/mol. The number of carbonyl (C=O) groups is 1. The number of rotatable bonds is 2. The lowest BCUT2D eigenvalue weighted by atomic mass is 9.75. The topological polar surface area (TPSA) is 92.8 Å². The third kappa shape index (κ3) is 1.35. The molecule has 1 heterocycles. The minimum Gasteiger partial charge on any atom is -0.394 e. The number of primary amides is 1. The van der Waals surface area contributed by atoms with E-state index in [0.29, 0.717) is 0 Å². The number of hydrogen-bond donors (Lipinski definition) is 3. The summed E-state index contributed by atoms with van der Waals surface area (Å²) in [5.41, 5.74) is 3.79. The molecule has 1 rings (SSSR count). The first kappa shape index (κ1) is 10.5. The van der Waals surface area contributed by atoms with Gasteiger partial charge in [0.15, 0.2) is 0 Å². The van der Waals surface area contributed by atoms with Gasteiger partial charge in [-0.2, -0.15) is 0 Å². The van der Waals surface area contributed by atoms with Crippen LogP contribution in [0.1, 0.15) is 6.92 Å². The Morgan fingerprint density at radius 1 is 1.77 bits per heavy atom. The molecular formula is C7H12BNO4. The molecule has 0 saturated carbocycles. The van der Waals surface area contributed by atoms with E-state index in [-0.39, 0.29) is 0 Å². The summed E-state index contributed by atoms with van der Waals surface area (Å²) in [4.78, 5) is 11.1. The first-order valence-electron chi connectivity index (χ1n) is 3.94. The van der Waals surface area contributed by atoms with E-state index in [0.717, 1.165) is 0 Å². The standard InChI is InChI=1S/C7H12BNO4/c1-7(6(9)12)3(2-10)13-5(8)4(7)11/h3-5,10-11H,2H2,1H3,(H2,9,12)/t3?,4-,5?,7-/m0/s1. The predicted molar refractivity (Wildman–Crippen MR) is 44.8 cm³/mol. The summed E-state index contributed by atoms with van der Waals surface area (Å²) in [7, 11) is 5.37. The quantitative estimate of drug-likeness (QED) is 0.422. The molecule has 0 aromatic carbocycles. The molecule has 13 heavy (non-hydrogen) atoms. The molecule has 4 atom stereocenters. The van der Waals surface area contributed by atoms with E-state index in [1.165, 1.54) is 6.92 Å². The minimum atomic E-state index is -1.31. The molecule has 1 amide bonds. The average molecular weight is 185 g/mol. The van der Waals surface area contributed by atoms with Gasteiger partial charge in [0.2, 0.25) is 5.91 Å². The van der Waals surface area contributed by atoms with Crippen molar-refractivity contribution < 1.29 is 19.7 Å². The maximum Gasteiger partial charge on any atom is 0.228 e. The second-order valence-corrected chi connectivity index (χ2v) is 3.36. The van der Waals surface area contributed by atoms with Gasteiger partial charge in [0, 0.05) is 6.00 Å². The van der Waals surface area contributed by atoms with Crippen molar-refractivity contribution >= 4 is 13.8 Å². The van der Waals surface area contributed by atoms with Gasteiger partial charge in [-0.25, -0.2) is 0 Å². The van der Waals surface area contributed by atoms with Crippen LogP contribution in [0.2, 0.25) is 0 Å². The van der Waals surface area contributed by atoms with Gasteiger partial charge in [-0.1, -0.05) is 0 Å². The van der Waals surface area contributed by atoms with E-state index in [2.05, 4.69) is 0 Å². The van der Waals surface area contributed by atoms with E-state index in [1.807, 2.05) is 0 Å². The Kier molecular flexibility index (Phi) is 2.65. The van der Waals surface area contributed by atoms with Crippen LogP contribution in [0.15, 0.2) is 0 Å². The van der Waals surface area contributed by atoms with Crippen molar-refractivity contribution in [3.05, 3.63) is 0 Å². The first-order valence-corrected chi connectivity index (χ1v) is 3.94. The first-order chi connectivity index (χ1) is 5.94. The van der Waals surface area contributed by atoms with E-state index < -0.39 is 36.1 Å².